The van der Waals surface area contributed by atoms with Gasteiger partial charge in [0.15, 0.2) is 0 Å². The normalized spacial score (nSPS) is 30.3. The standard InChI is InChI=1S/C12H21N3S/c1-4-11-14-12(16-15-11)13-10-6-8(2)5-9(3)7-10/h8-10H,4-7H2,1-3H3,(H,13,14,15). The van der Waals surface area contributed by atoms with E-state index in [9.17, 15) is 0 Å². The van der Waals surface area contributed by atoms with Crippen molar-refractivity contribution in [3.8, 4) is 0 Å². The average molecular weight is 239 g/mol. The number of aryl methyl sites for hydroxylation is 1. The summed E-state index contributed by atoms with van der Waals surface area (Å²) >= 11 is 1.50. The fourth-order valence-electron chi connectivity index (χ4n) is 2.70. The summed E-state index contributed by atoms with van der Waals surface area (Å²) in [7, 11) is 0. The van der Waals surface area contributed by atoms with Crippen molar-refractivity contribution in [2.45, 2.75) is 52.5 Å². The highest BCUT2D eigenvalue weighted by molar-refractivity contribution is 7.09. The molecule has 0 saturated heterocycles. The zero-order valence-corrected chi connectivity index (χ0v) is 11.2. The molecule has 0 aliphatic heterocycles. The van der Waals surface area contributed by atoms with E-state index < -0.39 is 0 Å². The SMILES string of the molecule is CCc1nsc(NC2CC(C)CC(C)C2)n1. The van der Waals surface area contributed by atoms with Gasteiger partial charge in [-0.05, 0) is 31.1 Å². The zero-order chi connectivity index (χ0) is 11.5. The summed E-state index contributed by atoms with van der Waals surface area (Å²) in [5, 5.41) is 4.54. The Morgan fingerprint density at radius 2 is 1.94 bits per heavy atom. The molecule has 2 unspecified atom stereocenters. The van der Waals surface area contributed by atoms with Crippen molar-refractivity contribution in [1.82, 2.24) is 9.36 Å². The summed E-state index contributed by atoms with van der Waals surface area (Å²) in [5.74, 6) is 2.63. The van der Waals surface area contributed by atoms with Crippen molar-refractivity contribution in [2.75, 3.05) is 5.32 Å². The second kappa shape index (κ2) is 5.13. The van der Waals surface area contributed by atoms with Gasteiger partial charge in [-0.2, -0.15) is 4.37 Å². The monoisotopic (exact) mass is 239 g/mol. The van der Waals surface area contributed by atoms with E-state index >= 15 is 0 Å². The Kier molecular flexibility index (Phi) is 3.79. The Labute approximate surface area is 102 Å². The van der Waals surface area contributed by atoms with E-state index in [1.807, 2.05) is 0 Å². The van der Waals surface area contributed by atoms with E-state index in [1.165, 1.54) is 30.8 Å². The molecule has 2 atom stereocenters. The Bertz CT molecular complexity index is 327. The number of aromatic nitrogens is 2. The van der Waals surface area contributed by atoms with Crippen LogP contribution in [-0.4, -0.2) is 15.4 Å². The molecule has 0 amide bonds. The number of hydrogen-bond donors (Lipinski definition) is 1. The molecule has 1 aliphatic carbocycles. The summed E-state index contributed by atoms with van der Waals surface area (Å²) in [4.78, 5) is 4.47. The molecule has 0 bridgehead atoms. The van der Waals surface area contributed by atoms with Crippen LogP contribution in [0.2, 0.25) is 0 Å². The first-order valence-corrected chi connectivity index (χ1v) is 7.03. The van der Waals surface area contributed by atoms with Gasteiger partial charge in [-0.3, -0.25) is 0 Å². The molecule has 0 spiro atoms. The topological polar surface area (TPSA) is 37.8 Å². The second-order valence-corrected chi connectivity index (χ2v) is 5.88. The van der Waals surface area contributed by atoms with E-state index in [1.54, 1.807) is 0 Å². The second-order valence-electron chi connectivity index (χ2n) is 5.13. The van der Waals surface area contributed by atoms with Crippen molar-refractivity contribution < 1.29 is 0 Å². The smallest absolute Gasteiger partial charge is 0.202 e. The molecule has 1 N–H and O–H groups in total. The van der Waals surface area contributed by atoms with Crippen LogP contribution in [0.15, 0.2) is 0 Å². The molecule has 1 aromatic rings. The van der Waals surface area contributed by atoms with Crippen LogP contribution in [-0.2, 0) is 6.42 Å². The van der Waals surface area contributed by atoms with Gasteiger partial charge < -0.3 is 5.32 Å². The molecule has 90 valence electrons. The van der Waals surface area contributed by atoms with E-state index in [4.69, 9.17) is 0 Å². The summed E-state index contributed by atoms with van der Waals surface area (Å²) in [6, 6.07) is 0.594. The van der Waals surface area contributed by atoms with Crippen LogP contribution in [0.5, 0.6) is 0 Å². The third kappa shape index (κ3) is 2.94. The number of rotatable bonds is 3. The van der Waals surface area contributed by atoms with Gasteiger partial charge in [-0.15, -0.1) is 0 Å². The molecular weight excluding hydrogens is 218 g/mol. The minimum absolute atomic E-state index is 0.594. The summed E-state index contributed by atoms with van der Waals surface area (Å²) in [6.07, 6.45) is 4.83. The first-order valence-electron chi connectivity index (χ1n) is 6.26. The minimum Gasteiger partial charge on any atom is -0.358 e. The highest BCUT2D eigenvalue weighted by Gasteiger charge is 2.24. The van der Waals surface area contributed by atoms with Gasteiger partial charge in [0.1, 0.15) is 5.82 Å². The Morgan fingerprint density at radius 1 is 1.25 bits per heavy atom. The summed E-state index contributed by atoms with van der Waals surface area (Å²) in [6.45, 7) is 6.79. The molecule has 4 heteroatoms. The average Bonchev–Trinajstić information content (AvgIpc) is 2.64. The first kappa shape index (κ1) is 11.8. The van der Waals surface area contributed by atoms with Gasteiger partial charge in [0.25, 0.3) is 0 Å². The van der Waals surface area contributed by atoms with E-state index in [0.717, 1.165) is 29.2 Å². The van der Waals surface area contributed by atoms with Crippen molar-refractivity contribution >= 4 is 16.7 Å². The lowest BCUT2D eigenvalue weighted by molar-refractivity contribution is 0.281. The Morgan fingerprint density at radius 3 is 2.50 bits per heavy atom. The Hall–Kier alpha value is -0.640. The van der Waals surface area contributed by atoms with Crippen LogP contribution in [0.25, 0.3) is 0 Å². The van der Waals surface area contributed by atoms with Crippen molar-refractivity contribution in [3.05, 3.63) is 5.82 Å². The predicted molar refractivity (Wildman–Crippen MR) is 68.9 cm³/mol. The molecular formula is C12H21N3S. The lowest BCUT2D eigenvalue weighted by Crippen LogP contribution is -2.30. The maximum atomic E-state index is 4.47. The minimum atomic E-state index is 0.594. The van der Waals surface area contributed by atoms with E-state index in [-0.39, 0.29) is 0 Å². The van der Waals surface area contributed by atoms with Crippen LogP contribution in [0, 0.1) is 11.8 Å². The van der Waals surface area contributed by atoms with Gasteiger partial charge in [0.05, 0.1) is 0 Å². The van der Waals surface area contributed by atoms with Crippen LogP contribution >= 0.6 is 11.5 Å². The maximum absolute atomic E-state index is 4.47. The fourth-order valence-corrected chi connectivity index (χ4v) is 3.42. The van der Waals surface area contributed by atoms with Gasteiger partial charge in [-0.1, -0.05) is 20.8 Å². The molecule has 1 aromatic heterocycles. The quantitative estimate of drug-likeness (QED) is 0.879. The summed E-state index contributed by atoms with van der Waals surface area (Å²) in [5.41, 5.74) is 0. The van der Waals surface area contributed by atoms with Gasteiger partial charge >= 0.3 is 0 Å². The maximum Gasteiger partial charge on any atom is 0.202 e. The molecule has 1 aliphatic rings. The van der Waals surface area contributed by atoms with Crippen LogP contribution in [0.1, 0.15) is 45.9 Å². The number of nitrogens with one attached hydrogen (secondary N) is 1. The highest BCUT2D eigenvalue weighted by atomic mass is 32.1. The molecule has 0 radical (unpaired) electrons. The van der Waals surface area contributed by atoms with Crippen LogP contribution in [0.4, 0.5) is 5.13 Å². The molecule has 1 fully saturated rings. The van der Waals surface area contributed by atoms with E-state index in [0.29, 0.717) is 6.04 Å². The zero-order valence-electron chi connectivity index (χ0n) is 10.4. The lowest BCUT2D eigenvalue weighted by Gasteiger charge is -2.31. The van der Waals surface area contributed by atoms with Gasteiger partial charge in [0.2, 0.25) is 5.13 Å². The van der Waals surface area contributed by atoms with Gasteiger partial charge in [-0.25, -0.2) is 4.98 Å². The third-order valence-electron chi connectivity index (χ3n) is 3.29. The van der Waals surface area contributed by atoms with Crippen molar-refractivity contribution in [1.29, 1.82) is 0 Å². The summed E-state index contributed by atoms with van der Waals surface area (Å²) < 4.78 is 4.31. The Balaban J connectivity index is 1.93. The van der Waals surface area contributed by atoms with Crippen LogP contribution < -0.4 is 5.32 Å². The van der Waals surface area contributed by atoms with Crippen LogP contribution in [0.3, 0.4) is 0 Å². The molecule has 2 rings (SSSR count). The predicted octanol–water partition coefficient (Wildman–Crippen LogP) is 3.34. The van der Waals surface area contributed by atoms with Crippen molar-refractivity contribution in [3.63, 3.8) is 0 Å². The molecule has 16 heavy (non-hydrogen) atoms. The molecule has 0 aromatic carbocycles. The van der Waals surface area contributed by atoms with Gasteiger partial charge in [0, 0.05) is 24.0 Å². The molecule has 1 heterocycles. The van der Waals surface area contributed by atoms with Crippen molar-refractivity contribution in [2.24, 2.45) is 11.8 Å². The number of nitrogens with zero attached hydrogens (tertiary/aromatic N) is 2. The highest BCUT2D eigenvalue weighted by Crippen LogP contribution is 2.30. The molecule has 1 saturated carbocycles. The molecule has 3 nitrogen and oxygen atoms in total. The third-order valence-corrected chi connectivity index (χ3v) is 3.97. The largest absolute Gasteiger partial charge is 0.358 e. The fraction of sp³-hybridized carbons (Fsp3) is 0.833. The number of hydrogen-bond acceptors (Lipinski definition) is 4. The first-order chi connectivity index (χ1) is 7.67. The van der Waals surface area contributed by atoms with E-state index in [2.05, 4.69) is 35.4 Å². The number of anilines is 1. The lowest BCUT2D eigenvalue weighted by atomic mass is 9.80.